The number of carbonyl (C=O) groups is 2. The lowest BCUT2D eigenvalue weighted by Gasteiger charge is -2.24. The van der Waals surface area contributed by atoms with Crippen LogP contribution in [0.2, 0.25) is 0 Å². The molecule has 1 aliphatic heterocycles. The van der Waals surface area contributed by atoms with E-state index >= 15 is 0 Å². The van der Waals surface area contributed by atoms with E-state index in [1.807, 2.05) is 0 Å². The van der Waals surface area contributed by atoms with Crippen LogP contribution in [0.25, 0.3) is 0 Å². The summed E-state index contributed by atoms with van der Waals surface area (Å²) < 4.78 is 29.8. The fourth-order valence-corrected chi connectivity index (χ4v) is 4.05. The molecule has 0 spiro atoms. The highest BCUT2D eigenvalue weighted by atomic mass is 32.2. The van der Waals surface area contributed by atoms with Crippen molar-refractivity contribution in [2.24, 2.45) is 0 Å². The molecule has 0 aromatic heterocycles. The molecule has 122 valence electrons. The van der Waals surface area contributed by atoms with Gasteiger partial charge in [-0.2, -0.15) is 4.31 Å². The van der Waals surface area contributed by atoms with Gasteiger partial charge in [0.1, 0.15) is 6.04 Å². The molecule has 0 bridgehead atoms. The number of esters is 1. The zero-order chi connectivity index (χ0) is 16.0. The van der Waals surface area contributed by atoms with Crippen molar-refractivity contribution < 1.29 is 27.9 Å². The SMILES string of the molecule is CCCS(=O)(=O)N1CCCC1C(=O)NC(CO)C(=O)OC. The van der Waals surface area contributed by atoms with Crippen molar-refractivity contribution in [2.75, 3.05) is 26.0 Å². The van der Waals surface area contributed by atoms with Crippen molar-refractivity contribution >= 4 is 21.9 Å². The molecule has 8 nitrogen and oxygen atoms in total. The summed E-state index contributed by atoms with van der Waals surface area (Å²) in [5.41, 5.74) is 0. The predicted octanol–water partition coefficient (Wildman–Crippen LogP) is -1.16. The molecule has 1 aliphatic rings. The smallest absolute Gasteiger partial charge is 0.330 e. The molecule has 9 heteroatoms. The monoisotopic (exact) mass is 322 g/mol. The molecule has 21 heavy (non-hydrogen) atoms. The molecule has 0 aliphatic carbocycles. The van der Waals surface area contributed by atoms with Gasteiger partial charge in [0.15, 0.2) is 6.04 Å². The summed E-state index contributed by atoms with van der Waals surface area (Å²) in [6.45, 7) is 1.44. The van der Waals surface area contributed by atoms with Gasteiger partial charge in [0.2, 0.25) is 15.9 Å². The lowest BCUT2D eigenvalue weighted by Crippen LogP contribution is -2.52. The number of aliphatic hydroxyl groups is 1. The molecule has 2 N–H and O–H groups in total. The Morgan fingerprint density at radius 2 is 2.14 bits per heavy atom. The number of methoxy groups -OCH3 is 1. The molecule has 1 saturated heterocycles. The van der Waals surface area contributed by atoms with Gasteiger partial charge in [-0.15, -0.1) is 0 Å². The van der Waals surface area contributed by atoms with Crippen molar-refractivity contribution in [3.05, 3.63) is 0 Å². The van der Waals surface area contributed by atoms with Crippen LogP contribution in [0, 0.1) is 0 Å². The number of hydrogen-bond donors (Lipinski definition) is 2. The highest BCUT2D eigenvalue weighted by molar-refractivity contribution is 7.89. The van der Waals surface area contributed by atoms with Gasteiger partial charge in [-0.25, -0.2) is 13.2 Å². The van der Waals surface area contributed by atoms with Gasteiger partial charge in [-0.1, -0.05) is 6.92 Å². The second-order valence-electron chi connectivity index (χ2n) is 4.85. The van der Waals surface area contributed by atoms with Crippen LogP contribution in [0.1, 0.15) is 26.2 Å². The van der Waals surface area contributed by atoms with Crippen molar-refractivity contribution in [2.45, 2.75) is 38.3 Å². The number of amides is 1. The zero-order valence-electron chi connectivity index (χ0n) is 12.2. The average Bonchev–Trinajstić information content (AvgIpc) is 2.94. The lowest BCUT2D eigenvalue weighted by atomic mass is 10.2. The van der Waals surface area contributed by atoms with Crippen molar-refractivity contribution in [1.82, 2.24) is 9.62 Å². The highest BCUT2D eigenvalue weighted by Gasteiger charge is 2.39. The zero-order valence-corrected chi connectivity index (χ0v) is 13.1. The Balaban J connectivity index is 2.79. The molecule has 0 radical (unpaired) electrons. The number of nitrogens with one attached hydrogen (secondary N) is 1. The molecule has 2 atom stereocenters. The molecule has 2 unspecified atom stereocenters. The maximum atomic E-state index is 12.2. The number of rotatable bonds is 7. The van der Waals surface area contributed by atoms with Crippen LogP contribution in [-0.4, -0.2) is 67.8 Å². The Morgan fingerprint density at radius 1 is 1.48 bits per heavy atom. The van der Waals surface area contributed by atoms with Gasteiger partial charge < -0.3 is 15.2 Å². The Hall–Kier alpha value is -1.19. The number of sulfonamides is 1. The number of nitrogens with zero attached hydrogens (tertiary/aromatic N) is 1. The van der Waals surface area contributed by atoms with Gasteiger partial charge in [-0.3, -0.25) is 4.79 Å². The first-order valence-electron chi connectivity index (χ1n) is 6.86. The Kier molecular flexibility index (Phi) is 6.56. The minimum Gasteiger partial charge on any atom is -0.467 e. The second kappa shape index (κ2) is 7.71. The first-order valence-corrected chi connectivity index (χ1v) is 8.46. The van der Waals surface area contributed by atoms with Gasteiger partial charge in [0, 0.05) is 6.54 Å². The summed E-state index contributed by atoms with van der Waals surface area (Å²) in [6, 6.07) is -2.01. The molecule has 1 fully saturated rings. The lowest BCUT2D eigenvalue weighted by molar-refractivity contribution is -0.146. The summed E-state index contributed by atoms with van der Waals surface area (Å²) >= 11 is 0. The summed E-state index contributed by atoms with van der Waals surface area (Å²) in [7, 11) is -2.34. The quantitative estimate of drug-likeness (QED) is 0.572. The summed E-state index contributed by atoms with van der Waals surface area (Å²) in [5, 5.41) is 11.4. The van der Waals surface area contributed by atoms with E-state index < -0.39 is 40.6 Å². The summed E-state index contributed by atoms with van der Waals surface area (Å²) in [5.74, 6) is -1.37. The van der Waals surface area contributed by atoms with Crippen LogP contribution in [-0.2, 0) is 24.3 Å². The predicted molar refractivity (Wildman–Crippen MR) is 74.8 cm³/mol. The van der Waals surface area contributed by atoms with E-state index in [0.717, 1.165) is 7.11 Å². The van der Waals surface area contributed by atoms with Crippen LogP contribution in [0.15, 0.2) is 0 Å². The molecule has 0 saturated carbocycles. The van der Waals surface area contributed by atoms with Gasteiger partial charge in [0.25, 0.3) is 0 Å². The minimum absolute atomic E-state index is 0.0167. The first kappa shape index (κ1) is 17.9. The number of ether oxygens (including phenoxy) is 1. The van der Waals surface area contributed by atoms with E-state index in [2.05, 4.69) is 10.1 Å². The van der Waals surface area contributed by atoms with Crippen molar-refractivity contribution in [3.63, 3.8) is 0 Å². The largest absolute Gasteiger partial charge is 0.467 e. The van der Waals surface area contributed by atoms with Crippen LogP contribution in [0.5, 0.6) is 0 Å². The van der Waals surface area contributed by atoms with E-state index in [1.165, 1.54) is 4.31 Å². The van der Waals surface area contributed by atoms with E-state index in [1.54, 1.807) is 6.92 Å². The van der Waals surface area contributed by atoms with Crippen LogP contribution >= 0.6 is 0 Å². The van der Waals surface area contributed by atoms with Crippen molar-refractivity contribution in [1.29, 1.82) is 0 Å². The molecule has 1 rings (SSSR count). The minimum atomic E-state index is -3.48. The van der Waals surface area contributed by atoms with Gasteiger partial charge in [-0.05, 0) is 19.3 Å². The fourth-order valence-electron chi connectivity index (χ4n) is 2.30. The van der Waals surface area contributed by atoms with Crippen LogP contribution in [0.4, 0.5) is 0 Å². The van der Waals surface area contributed by atoms with Gasteiger partial charge in [0.05, 0.1) is 19.5 Å². The summed E-state index contributed by atoms with van der Waals surface area (Å²) in [6.07, 6.45) is 1.45. The molecule has 1 heterocycles. The molecule has 0 aromatic rings. The Morgan fingerprint density at radius 3 is 2.67 bits per heavy atom. The first-order chi connectivity index (χ1) is 9.87. The molecule has 1 amide bonds. The molecular formula is C12H22N2O6S. The van der Waals surface area contributed by atoms with Crippen molar-refractivity contribution in [3.8, 4) is 0 Å². The van der Waals surface area contributed by atoms with E-state index in [4.69, 9.17) is 5.11 Å². The normalized spacial score (nSPS) is 21.0. The van der Waals surface area contributed by atoms with Crippen LogP contribution < -0.4 is 5.32 Å². The molecule has 0 aromatic carbocycles. The number of hydrogen-bond acceptors (Lipinski definition) is 6. The molecular weight excluding hydrogens is 300 g/mol. The maximum absolute atomic E-state index is 12.2. The van der Waals surface area contributed by atoms with Crippen LogP contribution in [0.3, 0.4) is 0 Å². The topological polar surface area (TPSA) is 113 Å². The summed E-state index contributed by atoms with van der Waals surface area (Å²) in [4.78, 5) is 23.5. The number of aliphatic hydroxyl groups excluding tert-OH is 1. The van der Waals surface area contributed by atoms with E-state index in [-0.39, 0.29) is 5.75 Å². The highest BCUT2D eigenvalue weighted by Crippen LogP contribution is 2.22. The fraction of sp³-hybridized carbons (Fsp3) is 0.833. The third-order valence-corrected chi connectivity index (χ3v) is 5.39. The number of carbonyl (C=O) groups excluding carboxylic acids is 2. The second-order valence-corrected chi connectivity index (χ2v) is 6.89. The average molecular weight is 322 g/mol. The Bertz CT molecular complexity index is 478. The van der Waals surface area contributed by atoms with E-state index in [0.29, 0.717) is 25.8 Å². The third kappa shape index (κ3) is 4.39. The third-order valence-electron chi connectivity index (χ3n) is 3.31. The van der Waals surface area contributed by atoms with Gasteiger partial charge >= 0.3 is 5.97 Å². The Labute approximate surface area is 124 Å². The van der Waals surface area contributed by atoms with E-state index in [9.17, 15) is 18.0 Å². The standard InChI is InChI=1S/C12H22N2O6S/c1-3-7-21(18,19)14-6-4-5-10(14)11(16)13-9(8-15)12(17)20-2/h9-10,15H,3-8H2,1-2H3,(H,13,16). The maximum Gasteiger partial charge on any atom is 0.330 e.